The second-order valence-corrected chi connectivity index (χ2v) is 6.70. The van der Waals surface area contributed by atoms with Crippen LogP contribution in [0.2, 0.25) is 0 Å². The molecular weight excluding hydrogens is 374 g/mol. The van der Waals surface area contributed by atoms with Gasteiger partial charge in [0.15, 0.2) is 0 Å². The lowest BCUT2D eigenvalue weighted by Crippen LogP contribution is -2.35. The van der Waals surface area contributed by atoms with Crippen LogP contribution in [0.1, 0.15) is 31.2 Å². The fourth-order valence-electron chi connectivity index (χ4n) is 2.52. The summed E-state index contributed by atoms with van der Waals surface area (Å²) in [6.07, 6.45) is 3.92. The van der Waals surface area contributed by atoms with Crippen LogP contribution in [0, 0.1) is 0 Å². The van der Waals surface area contributed by atoms with Gasteiger partial charge in [0.2, 0.25) is 0 Å². The molecule has 106 valence electrons. The van der Waals surface area contributed by atoms with E-state index in [1.807, 2.05) is 0 Å². The highest BCUT2D eigenvalue weighted by Gasteiger charge is 2.19. The maximum Gasteiger partial charge on any atom is 0.147 e. The van der Waals surface area contributed by atoms with E-state index in [0.717, 1.165) is 46.9 Å². The monoisotopic (exact) mass is 391 g/mol. The zero-order valence-electron chi connectivity index (χ0n) is 11.0. The summed E-state index contributed by atoms with van der Waals surface area (Å²) >= 11 is 7.02. The summed E-state index contributed by atoms with van der Waals surface area (Å²) in [5, 5.41) is 13.2. The number of nitrogens with one attached hydrogen (secondary N) is 1. The maximum atomic E-state index is 9.66. The number of rotatable bonds is 4. The van der Waals surface area contributed by atoms with Gasteiger partial charge in [-0.05, 0) is 75.2 Å². The molecule has 2 atom stereocenters. The highest BCUT2D eigenvalue weighted by molar-refractivity contribution is 9.11. The molecule has 0 bridgehead atoms. The fraction of sp³-hybridized carbons (Fsp3) is 0.571. The molecule has 0 aliphatic heterocycles. The van der Waals surface area contributed by atoms with Gasteiger partial charge in [-0.3, -0.25) is 0 Å². The number of aliphatic hydroxyl groups is 1. The summed E-state index contributed by atoms with van der Waals surface area (Å²) < 4.78 is 7.19. The van der Waals surface area contributed by atoms with E-state index in [9.17, 15) is 5.11 Å². The minimum absolute atomic E-state index is 0.138. The van der Waals surface area contributed by atoms with Crippen molar-refractivity contribution in [3.8, 4) is 5.75 Å². The van der Waals surface area contributed by atoms with Crippen LogP contribution in [-0.2, 0) is 6.54 Å². The Labute approximate surface area is 131 Å². The van der Waals surface area contributed by atoms with Crippen LogP contribution < -0.4 is 10.1 Å². The first-order chi connectivity index (χ1) is 9.10. The van der Waals surface area contributed by atoms with Crippen LogP contribution in [-0.4, -0.2) is 24.4 Å². The summed E-state index contributed by atoms with van der Waals surface area (Å²) in [4.78, 5) is 0. The van der Waals surface area contributed by atoms with E-state index in [4.69, 9.17) is 4.74 Å². The third-order valence-corrected chi connectivity index (χ3v) is 4.68. The molecule has 1 aliphatic carbocycles. The van der Waals surface area contributed by atoms with Crippen molar-refractivity contribution in [3.63, 3.8) is 0 Å². The quantitative estimate of drug-likeness (QED) is 0.822. The zero-order chi connectivity index (χ0) is 13.8. The minimum Gasteiger partial charge on any atom is -0.494 e. The maximum absolute atomic E-state index is 9.66. The average molecular weight is 393 g/mol. The molecule has 19 heavy (non-hydrogen) atoms. The van der Waals surface area contributed by atoms with Crippen molar-refractivity contribution in [2.45, 2.75) is 44.4 Å². The minimum atomic E-state index is -0.138. The Morgan fingerprint density at radius 3 is 2.58 bits per heavy atom. The molecule has 0 saturated heterocycles. The Morgan fingerprint density at radius 1 is 1.32 bits per heavy atom. The summed E-state index contributed by atoms with van der Waals surface area (Å²) in [6.45, 7) is 0.804. The number of ether oxygens (including phenoxy) is 1. The topological polar surface area (TPSA) is 41.5 Å². The zero-order valence-corrected chi connectivity index (χ0v) is 14.1. The third kappa shape index (κ3) is 4.18. The molecule has 1 aromatic carbocycles. The van der Waals surface area contributed by atoms with E-state index in [1.54, 1.807) is 7.11 Å². The molecule has 2 rings (SSSR count). The molecule has 5 heteroatoms. The highest BCUT2D eigenvalue weighted by Crippen LogP contribution is 2.34. The second-order valence-electron chi connectivity index (χ2n) is 4.99. The number of methoxy groups -OCH3 is 1. The van der Waals surface area contributed by atoms with Crippen molar-refractivity contribution < 1.29 is 9.84 Å². The number of benzene rings is 1. The van der Waals surface area contributed by atoms with Gasteiger partial charge in [-0.25, -0.2) is 0 Å². The smallest absolute Gasteiger partial charge is 0.147 e. The Balaban J connectivity index is 1.96. The number of halogens is 2. The van der Waals surface area contributed by atoms with Gasteiger partial charge in [-0.2, -0.15) is 0 Å². The Hall–Kier alpha value is -0.100. The van der Waals surface area contributed by atoms with Crippen molar-refractivity contribution in [1.82, 2.24) is 5.32 Å². The molecular formula is C14H19Br2NO2. The van der Waals surface area contributed by atoms with Crippen molar-refractivity contribution in [3.05, 3.63) is 26.6 Å². The summed E-state index contributed by atoms with van der Waals surface area (Å²) in [5.74, 6) is 0.817. The SMILES string of the molecule is COc1c(Br)cc(CN[C@H]2CCC[C@H](O)C2)cc1Br. The van der Waals surface area contributed by atoms with E-state index in [0.29, 0.717) is 6.04 Å². The molecule has 1 aromatic rings. The van der Waals surface area contributed by atoms with E-state index in [1.165, 1.54) is 5.56 Å². The highest BCUT2D eigenvalue weighted by atomic mass is 79.9. The molecule has 0 amide bonds. The Bertz CT molecular complexity index is 416. The summed E-state index contributed by atoms with van der Waals surface area (Å²) in [7, 11) is 1.66. The molecule has 0 aromatic heterocycles. The molecule has 2 N–H and O–H groups in total. The van der Waals surface area contributed by atoms with Gasteiger partial charge in [0.25, 0.3) is 0 Å². The van der Waals surface area contributed by atoms with Gasteiger partial charge < -0.3 is 15.2 Å². The molecule has 0 radical (unpaired) electrons. The Kier molecular flexibility index (Phi) is 5.69. The first kappa shape index (κ1) is 15.3. The lowest BCUT2D eigenvalue weighted by Gasteiger charge is -2.26. The summed E-state index contributed by atoms with van der Waals surface area (Å²) in [5.41, 5.74) is 1.19. The van der Waals surface area contributed by atoms with Gasteiger partial charge in [0.1, 0.15) is 5.75 Å². The first-order valence-electron chi connectivity index (χ1n) is 6.53. The molecule has 0 heterocycles. The molecule has 0 spiro atoms. The normalized spacial score (nSPS) is 23.4. The van der Waals surface area contributed by atoms with Crippen LogP contribution in [0.25, 0.3) is 0 Å². The second kappa shape index (κ2) is 7.07. The van der Waals surface area contributed by atoms with Crippen molar-refractivity contribution >= 4 is 31.9 Å². The molecule has 0 unspecified atom stereocenters. The molecule has 1 saturated carbocycles. The van der Waals surface area contributed by atoms with Crippen LogP contribution in [0.4, 0.5) is 0 Å². The van der Waals surface area contributed by atoms with Gasteiger partial charge in [-0.1, -0.05) is 0 Å². The van der Waals surface area contributed by atoms with Gasteiger partial charge in [-0.15, -0.1) is 0 Å². The van der Waals surface area contributed by atoms with Crippen molar-refractivity contribution in [2.24, 2.45) is 0 Å². The lowest BCUT2D eigenvalue weighted by atomic mass is 9.93. The van der Waals surface area contributed by atoms with Crippen LogP contribution >= 0.6 is 31.9 Å². The van der Waals surface area contributed by atoms with Crippen LogP contribution in [0.3, 0.4) is 0 Å². The number of hydrogen-bond acceptors (Lipinski definition) is 3. The van der Waals surface area contributed by atoms with E-state index in [2.05, 4.69) is 49.3 Å². The molecule has 3 nitrogen and oxygen atoms in total. The van der Waals surface area contributed by atoms with E-state index in [-0.39, 0.29) is 6.10 Å². The van der Waals surface area contributed by atoms with Gasteiger partial charge in [0.05, 0.1) is 22.2 Å². The largest absolute Gasteiger partial charge is 0.494 e. The predicted molar refractivity (Wildman–Crippen MR) is 83.5 cm³/mol. The third-order valence-electron chi connectivity index (χ3n) is 3.50. The fourth-order valence-corrected chi connectivity index (χ4v) is 4.13. The van der Waals surface area contributed by atoms with Gasteiger partial charge >= 0.3 is 0 Å². The molecule has 1 fully saturated rings. The van der Waals surface area contributed by atoms with E-state index < -0.39 is 0 Å². The van der Waals surface area contributed by atoms with Gasteiger partial charge in [0, 0.05) is 12.6 Å². The first-order valence-corrected chi connectivity index (χ1v) is 8.12. The summed E-state index contributed by atoms with van der Waals surface area (Å²) in [6, 6.07) is 4.55. The predicted octanol–water partition coefficient (Wildman–Crippen LogP) is 3.61. The Morgan fingerprint density at radius 2 is 2.00 bits per heavy atom. The lowest BCUT2D eigenvalue weighted by molar-refractivity contribution is 0.111. The number of hydrogen-bond donors (Lipinski definition) is 2. The number of aliphatic hydroxyl groups excluding tert-OH is 1. The molecule has 1 aliphatic rings. The standard InChI is InChI=1S/C14H19Br2NO2/c1-19-14-12(15)5-9(6-13(14)16)8-17-10-3-2-4-11(18)7-10/h5-6,10-11,17-18H,2-4,7-8H2,1H3/t10-,11-/m0/s1. The van der Waals surface area contributed by atoms with Crippen molar-refractivity contribution in [1.29, 1.82) is 0 Å². The van der Waals surface area contributed by atoms with Crippen LogP contribution in [0.15, 0.2) is 21.1 Å². The van der Waals surface area contributed by atoms with E-state index >= 15 is 0 Å². The van der Waals surface area contributed by atoms with Crippen LogP contribution in [0.5, 0.6) is 5.75 Å². The average Bonchev–Trinajstić information content (AvgIpc) is 2.36. The van der Waals surface area contributed by atoms with Crippen molar-refractivity contribution in [2.75, 3.05) is 7.11 Å².